The van der Waals surface area contributed by atoms with Crippen molar-refractivity contribution in [3.63, 3.8) is 0 Å². The fourth-order valence-corrected chi connectivity index (χ4v) is 0. The average molecular weight is 84.0 g/mol. The van der Waals surface area contributed by atoms with Crippen LogP contribution >= 0.6 is 0 Å². The number of hydrogen-bond donors (Lipinski definition) is 0. The van der Waals surface area contributed by atoms with Gasteiger partial charge in [-0.05, 0) is 6.92 Å². The standard InChI is InChI=1S/C2H6O2.Na/c1-2-4-3;/h3H,2H2,1H3;/q;+1/p-1. The first-order valence-electron chi connectivity index (χ1n) is 1.16. The molecule has 0 N–H and O–H groups in total. The van der Waals surface area contributed by atoms with Gasteiger partial charge < -0.3 is 10.1 Å². The van der Waals surface area contributed by atoms with Crippen LogP contribution < -0.4 is 34.8 Å². The van der Waals surface area contributed by atoms with Gasteiger partial charge in [-0.25, -0.2) is 0 Å². The van der Waals surface area contributed by atoms with Crippen molar-refractivity contribution in [2.45, 2.75) is 6.92 Å². The maximum Gasteiger partial charge on any atom is 1.00 e. The predicted molar refractivity (Wildman–Crippen MR) is 11.6 cm³/mol. The third kappa shape index (κ3) is 11.4. The van der Waals surface area contributed by atoms with Crippen LogP contribution in [0.1, 0.15) is 6.92 Å². The average Bonchev–Trinajstić information content (AvgIpc) is 1.37. The summed E-state index contributed by atoms with van der Waals surface area (Å²) in [4.78, 5) is 3.29. The zero-order valence-corrected chi connectivity index (χ0v) is 5.52. The fourth-order valence-electron chi connectivity index (χ4n) is 0. The molecule has 0 atom stereocenters. The second kappa shape index (κ2) is 8.87. The van der Waals surface area contributed by atoms with Gasteiger partial charge in [0.05, 0.1) is 0 Å². The molecule has 0 aliphatic heterocycles. The summed E-state index contributed by atoms with van der Waals surface area (Å²) in [6.07, 6.45) is 0. The molecule has 3 heteroatoms. The predicted octanol–water partition coefficient (Wildman–Crippen LogP) is -3.70. The van der Waals surface area contributed by atoms with Crippen molar-refractivity contribution in [1.29, 1.82) is 0 Å². The van der Waals surface area contributed by atoms with Gasteiger partial charge in [-0.2, -0.15) is 0 Å². The van der Waals surface area contributed by atoms with Crippen molar-refractivity contribution in [3.05, 3.63) is 0 Å². The van der Waals surface area contributed by atoms with Crippen LogP contribution in [-0.2, 0) is 4.89 Å². The molecule has 0 aromatic heterocycles. The number of hydrogen-bond acceptors (Lipinski definition) is 2. The van der Waals surface area contributed by atoms with Gasteiger partial charge in [-0.1, -0.05) is 0 Å². The molecule has 0 radical (unpaired) electrons. The van der Waals surface area contributed by atoms with Gasteiger partial charge in [-0.3, -0.25) is 0 Å². The first-order chi connectivity index (χ1) is 1.91. The molecule has 0 aromatic rings. The van der Waals surface area contributed by atoms with E-state index in [1.807, 2.05) is 0 Å². The van der Waals surface area contributed by atoms with E-state index in [2.05, 4.69) is 4.89 Å². The Morgan fingerprint density at radius 2 is 2.00 bits per heavy atom. The van der Waals surface area contributed by atoms with E-state index in [0.717, 1.165) is 0 Å². The van der Waals surface area contributed by atoms with E-state index in [1.165, 1.54) is 0 Å². The maximum atomic E-state index is 8.80. The Labute approximate surface area is 53.4 Å². The smallest absolute Gasteiger partial charge is 0.723 e. The molecule has 0 amide bonds. The van der Waals surface area contributed by atoms with Gasteiger partial charge in [0.1, 0.15) is 0 Å². The molecule has 0 aromatic carbocycles. The van der Waals surface area contributed by atoms with E-state index in [9.17, 15) is 0 Å². The monoisotopic (exact) mass is 84.0 g/mol. The second-order valence-electron chi connectivity index (χ2n) is 0.407. The van der Waals surface area contributed by atoms with Crippen molar-refractivity contribution in [2.24, 2.45) is 0 Å². The Hall–Kier alpha value is 0.920. The van der Waals surface area contributed by atoms with Crippen LogP contribution in [0.4, 0.5) is 0 Å². The van der Waals surface area contributed by atoms with Crippen molar-refractivity contribution in [1.82, 2.24) is 0 Å². The molecule has 0 spiro atoms. The van der Waals surface area contributed by atoms with E-state index >= 15 is 0 Å². The molecule has 0 aliphatic rings. The first kappa shape index (κ1) is 9.33. The Morgan fingerprint density at radius 3 is 2.00 bits per heavy atom. The summed E-state index contributed by atoms with van der Waals surface area (Å²) in [5.41, 5.74) is 0. The molecule has 2 nitrogen and oxygen atoms in total. The van der Waals surface area contributed by atoms with E-state index in [1.54, 1.807) is 6.92 Å². The summed E-state index contributed by atoms with van der Waals surface area (Å²) in [7, 11) is 0. The molecular weight excluding hydrogens is 79.0 g/mol. The topological polar surface area (TPSA) is 32.3 Å². The van der Waals surface area contributed by atoms with Gasteiger partial charge in [0.25, 0.3) is 0 Å². The fraction of sp³-hybridized carbons (Fsp3) is 1.00. The van der Waals surface area contributed by atoms with E-state index in [4.69, 9.17) is 5.26 Å². The molecule has 0 rings (SSSR count). The van der Waals surface area contributed by atoms with Gasteiger partial charge in [0.15, 0.2) is 0 Å². The normalized spacial score (nSPS) is 6.00. The minimum absolute atomic E-state index is 0. The second-order valence-corrected chi connectivity index (χ2v) is 0.407. The van der Waals surface area contributed by atoms with E-state index < -0.39 is 0 Å². The molecule has 0 fully saturated rings. The Kier molecular flexibility index (Phi) is 16.5. The summed E-state index contributed by atoms with van der Waals surface area (Å²) < 4.78 is 0. The Bertz CT molecular complexity index is 9.61. The van der Waals surface area contributed by atoms with Gasteiger partial charge >= 0.3 is 29.6 Å². The van der Waals surface area contributed by atoms with Crippen LogP contribution in [0.25, 0.3) is 0 Å². The Morgan fingerprint density at radius 1 is 1.80 bits per heavy atom. The number of rotatable bonds is 1. The molecule has 26 valence electrons. The van der Waals surface area contributed by atoms with Crippen LogP contribution in [0.15, 0.2) is 0 Å². The summed E-state index contributed by atoms with van der Waals surface area (Å²) in [5.74, 6) is 0. The minimum atomic E-state index is 0. The molecule has 0 bridgehead atoms. The van der Waals surface area contributed by atoms with E-state index in [0.29, 0.717) is 0 Å². The van der Waals surface area contributed by atoms with Gasteiger partial charge in [0.2, 0.25) is 0 Å². The maximum absolute atomic E-state index is 8.80. The van der Waals surface area contributed by atoms with Crippen LogP contribution in [0.3, 0.4) is 0 Å². The summed E-state index contributed by atoms with van der Waals surface area (Å²) in [6, 6.07) is 0. The summed E-state index contributed by atoms with van der Waals surface area (Å²) in [6.45, 7) is 1.91. The van der Waals surface area contributed by atoms with Gasteiger partial charge in [0, 0.05) is 6.61 Å². The molecule has 0 saturated carbocycles. The Balaban J connectivity index is 0. The van der Waals surface area contributed by atoms with E-state index in [-0.39, 0.29) is 36.2 Å². The van der Waals surface area contributed by atoms with Crippen molar-refractivity contribution < 1.29 is 39.7 Å². The van der Waals surface area contributed by atoms with Crippen molar-refractivity contribution in [3.8, 4) is 0 Å². The van der Waals surface area contributed by atoms with Crippen LogP contribution in [0.2, 0.25) is 0 Å². The van der Waals surface area contributed by atoms with Crippen LogP contribution in [0.5, 0.6) is 0 Å². The molecule has 0 saturated heterocycles. The van der Waals surface area contributed by atoms with Crippen LogP contribution in [0, 0.1) is 0 Å². The third-order valence-electron chi connectivity index (χ3n) is 0.118. The van der Waals surface area contributed by atoms with Crippen molar-refractivity contribution in [2.75, 3.05) is 6.61 Å². The quantitative estimate of drug-likeness (QED) is 0.186. The molecule has 0 heterocycles. The molecule has 0 unspecified atom stereocenters. The molecular formula is C2H5NaO2. The largest absolute Gasteiger partial charge is 1.00 e. The SMILES string of the molecule is CCO[O-].[Na+]. The zero-order valence-electron chi connectivity index (χ0n) is 3.52. The summed E-state index contributed by atoms with van der Waals surface area (Å²) in [5, 5.41) is 8.80. The third-order valence-corrected chi connectivity index (χ3v) is 0.118. The zero-order chi connectivity index (χ0) is 3.41. The van der Waals surface area contributed by atoms with Gasteiger partial charge in [-0.15, -0.1) is 0 Å². The molecule has 0 aliphatic carbocycles. The first-order valence-corrected chi connectivity index (χ1v) is 1.16. The summed E-state index contributed by atoms with van der Waals surface area (Å²) >= 11 is 0. The molecule has 5 heavy (non-hydrogen) atoms. The minimum Gasteiger partial charge on any atom is -0.723 e. The van der Waals surface area contributed by atoms with Crippen molar-refractivity contribution >= 4 is 0 Å². The van der Waals surface area contributed by atoms with Crippen LogP contribution in [-0.4, -0.2) is 6.61 Å².